The van der Waals surface area contributed by atoms with E-state index in [1.165, 1.54) is 0 Å². The second kappa shape index (κ2) is 13.6. The first-order valence-electron chi connectivity index (χ1n) is 8.25. The maximum atomic E-state index is 12.3. The van der Waals surface area contributed by atoms with Crippen LogP contribution in [0.3, 0.4) is 0 Å². The van der Waals surface area contributed by atoms with Crippen molar-refractivity contribution in [2.75, 3.05) is 25.4 Å². The fourth-order valence-electron chi connectivity index (χ4n) is 1.89. The average Bonchev–Trinajstić information content (AvgIpc) is 2.64. The molecule has 14 heteroatoms. The Balaban J connectivity index is 5.01. The number of aliphatic carboxylic acids is 1. The number of carboxylic acids is 1. The molecule has 28 heavy (non-hydrogen) atoms. The van der Waals surface area contributed by atoms with Crippen LogP contribution >= 0.6 is 12.6 Å². The Morgan fingerprint density at radius 2 is 1.64 bits per heavy atom. The third-order valence-electron chi connectivity index (χ3n) is 3.34. The van der Waals surface area contributed by atoms with E-state index in [0.717, 1.165) is 0 Å². The number of hydrogen-bond acceptors (Lipinski definition) is 8. The first-order valence-corrected chi connectivity index (χ1v) is 8.88. The average molecular weight is 421 g/mol. The van der Waals surface area contributed by atoms with E-state index >= 15 is 0 Å². The zero-order chi connectivity index (χ0) is 21.7. The number of rotatable bonds is 13. The summed E-state index contributed by atoms with van der Waals surface area (Å²) in [5.41, 5.74) is 15.9. The Kier molecular flexibility index (Phi) is 12.3. The lowest BCUT2D eigenvalue weighted by molar-refractivity contribution is -0.138. The molecule has 0 saturated carbocycles. The van der Waals surface area contributed by atoms with Gasteiger partial charge in [-0.1, -0.05) is 0 Å². The molecule has 0 radical (unpaired) electrons. The molecule has 0 spiro atoms. The zero-order valence-electron chi connectivity index (χ0n) is 15.1. The van der Waals surface area contributed by atoms with Gasteiger partial charge in [0.15, 0.2) is 5.96 Å². The molecule has 0 heterocycles. The third kappa shape index (κ3) is 10.5. The lowest BCUT2D eigenvalue weighted by Gasteiger charge is -2.22. The van der Waals surface area contributed by atoms with Gasteiger partial charge >= 0.3 is 5.97 Å². The maximum absolute atomic E-state index is 12.3. The van der Waals surface area contributed by atoms with Crippen molar-refractivity contribution >= 4 is 42.3 Å². The van der Waals surface area contributed by atoms with Gasteiger partial charge in [0.1, 0.15) is 18.6 Å². The number of guanidine groups is 1. The number of carbonyl (C=O) groups excluding carboxylic acids is 3. The van der Waals surface area contributed by atoms with Crippen LogP contribution in [0.2, 0.25) is 0 Å². The molecule has 3 amide bonds. The molecule has 0 saturated heterocycles. The van der Waals surface area contributed by atoms with Crippen molar-refractivity contribution in [3.05, 3.63) is 0 Å². The summed E-state index contributed by atoms with van der Waals surface area (Å²) in [6, 6.07) is -3.48. The number of nitrogens with one attached hydrogen (secondary N) is 3. The summed E-state index contributed by atoms with van der Waals surface area (Å²) >= 11 is 3.86. The zero-order valence-corrected chi connectivity index (χ0v) is 16.0. The van der Waals surface area contributed by atoms with Gasteiger partial charge in [-0.05, 0) is 12.8 Å². The van der Waals surface area contributed by atoms with E-state index in [9.17, 15) is 24.3 Å². The minimum absolute atomic E-state index is 0.0244. The summed E-state index contributed by atoms with van der Waals surface area (Å²) in [7, 11) is 0. The Bertz CT molecular complexity index is 585. The minimum Gasteiger partial charge on any atom is -0.480 e. The van der Waals surface area contributed by atoms with Gasteiger partial charge in [-0.3, -0.25) is 24.2 Å². The summed E-state index contributed by atoms with van der Waals surface area (Å²) < 4.78 is 0. The Labute approximate surface area is 166 Å². The quantitative estimate of drug-likeness (QED) is 0.0601. The summed E-state index contributed by atoms with van der Waals surface area (Å²) in [6.07, 6.45) is 0.375. The summed E-state index contributed by atoms with van der Waals surface area (Å²) in [4.78, 5) is 50.6. The third-order valence-corrected chi connectivity index (χ3v) is 3.73. The highest BCUT2D eigenvalue weighted by atomic mass is 32.1. The molecule has 160 valence electrons. The van der Waals surface area contributed by atoms with E-state index in [1.807, 2.05) is 0 Å². The number of nitrogens with zero attached hydrogens (tertiary/aromatic N) is 1. The second-order valence-electron chi connectivity index (χ2n) is 5.65. The van der Waals surface area contributed by atoms with Crippen LogP contribution < -0.4 is 33.2 Å². The number of aliphatic hydroxyl groups is 1. The summed E-state index contributed by atoms with van der Waals surface area (Å²) in [5, 5.41) is 24.7. The van der Waals surface area contributed by atoms with Crippen molar-refractivity contribution in [1.29, 1.82) is 0 Å². The largest absolute Gasteiger partial charge is 0.480 e. The highest BCUT2D eigenvalue weighted by molar-refractivity contribution is 7.80. The molecule has 0 aliphatic heterocycles. The van der Waals surface area contributed by atoms with E-state index in [4.69, 9.17) is 22.3 Å². The van der Waals surface area contributed by atoms with E-state index < -0.39 is 55.0 Å². The Morgan fingerprint density at radius 3 is 2.14 bits per heavy atom. The van der Waals surface area contributed by atoms with Crippen LogP contribution in [0.25, 0.3) is 0 Å². The molecular weight excluding hydrogens is 394 g/mol. The molecule has 11 N–H and O–H groups in total. The predicted molar refractivity (Wildman–Crippen MR) is 103 cm³/mol. The van der Waals surface area contributed by atoms with Gasteiger partial charge in [-0.15, -0.1) is 0 Å². The molecule has 0 aromatic carbocycles. The van der Waals surface area contributed by atoms with Gasteiger partial charge in [-0.25, -0.2) is 0 Å². The first-order chi connectivity index (χ1) is 13.1. The molecule has 0 aromatic heterocycles. The van der Waals surface area contributed by atoms with Gasteiger partial charge in [0.25, 0.3) is 0 Å². The molecule has 3 unspecified atom stereocenters. The van der Waals surface area contributed by atoms with Crippen LogP contribution in [0.15, 0.2) is 4.99 Å². The number of carboxylic acid groups (broad SMARTS) is 1. The normalized spacial score (nSPS) is 13.5. The van der Waals surface area contributed by atoms with Crippen molar-refractivity contribution < 1.29 is 29.4 Å². The van der Waals surface area contributed by atoms with Gasteiger partial charge < -0.3 is 43.4 Å². The fraction of sp³-hybridized carbons (Fsp3) is 0.643. The number of aliphatic hydroxyl groups excluding tert-OH is 1. The maximum Gasteiger partial charge on any atom is 0.322 e. The van der Waals surface area contributed by atoms with Crippen LogP contribution in [0.1, 0.15) is 12.8 Å². The smallest absolute Gasteiger partial charge is 0.322 e. The molecule has 0 aliphatic rings. The van der Waals surface area contributed by atoms with Crippen LogP contribution in [0.4, 0.5) is 0 Å². The van der Waals surface area contributed by atoms with Crippen molar-refractivity contribution in [2.45, 2.75) is 31.0 Å². The summed E-state index contributed by atoms with van der Waals surface area (Å²) in [6.45, 7) is -1.21. The Hall–Kier alpha value is -2.58. The molecule has 0 aliphatic carbocycles. The van der Waals surface area contributed by atoms with Gasteiger partial charge in [0, 0.05) is 12.3 Å². The lowest BCUT2D eigenvalue weighted by atomic mass is 10.1. The SMILES string of the molecule is NC(N)=NCCCC(NC(=O)C(CO)NC(=O)C(N)CS)C(=O)NCC(=O)O. The van der Waals surface area contributed by atoms with Crippen LogP contribution in [0.5, 0.6) is 0 Å². The number of amides is 3. The number of carbonyl (C=O) groups is 4. The second-order valence-corrected chi connectivity index (χ2v) is 6.02. The van der Waals surface area contributed by atoms with Crippen LogP contribution in [-0.2, 0) is 19.2 Å². The predicted octanol–water partition coefficient (Wildman–Crippen LogP) is -4.54. The van der Waals surface area contributed by atoms with Gasteiger partial charge in [0.2, 0.25) is 17.7 Å². The Morgan fingerprint density at radius 1 is 1.04 bits per heavy atom. The molecule has 0 aromatic rings. The molecule has 0 fully saturated rings. The fourth-order valence-corrected chi connectivity index (χ4v) is 2.05. The van der Waals surface area contributed by atoms with E-state index in [0.29, 0.717) is 6.42 Å². The minimum atomic E-state index is -1.36. The lowest BCUT2D eigenvalue weighted by Crippen LogP contribution is -2.57. The van der Waals surface area contributed by atoms with E-state index in [2.05, 4.69) is 33.6 Å². The molecule has 0 rings (SSSR count). The van der Waals surface area contributed by atoms with Crippen molar-refractivity contribution in [1.82, 2.24) is 16.0 Å². The van der Waals surface area contributed by atoms with Crippen molar-refractivity contribution in [3.63, 3.8) is 0 Å². The monoisotopic (exact) mass is 421 g/mol. The summed E-state index contributed by atoms with van der Waals surface area (Å²) in [5.74, 6) is -3.69. The highest BCUT2D eigenvalue weighted by Crippen LogP contribution is 2.00. The van der Waals surface area contributed by atoms with Crippen molar-refractivity contribution in [3.8, 4) is 0 Å². The standard InChI is InChI=1S/C14H27N7O6S/c15-7(6-28)11(25)21-9(5-22)13(27)20-8(2-1-3-18-14(16)17)12(26)19-4-10(23)24/h7-9,22,28H,1-6,15H2,(H,19,26)(H,20,27)(H,21,25)(H,23,24)(H4,16,17,18). The number of nitrogens with two attached hydrogens (primary N) is 3. The van der Waals surface area contributed by atoms with Gasteiger partial charge in [0.05, 0.1) is 12.6 Å². The van der Waals surface area contributed by atoms with Crippen LogP contribution in [0, 0.1) is 0 Å². The topological polar surface area (TPSA) is 235 Å². The number of hydrogen-bond donors (Lipinski definition) is 9. The van der Waals surface area contributed by atoms with E-state index in [-0.39, 0.29) is 24.7 Å². The van der Waals surface area contributed by atoms with Gasteiger partial charge in [-0.2, -0.15) is 12.6 Å². The first kappa shape index (κ1) is 25.4. The van der Waals surface area contributed by atoms with E-state index in [1.54, 1.807) is 0 Å². The molecule has 3 atom stereocenters. The highest BCUT2D eigenvalue weighted by Gasteiger charge is 2.27. The number of thiol groups is 1. The molecular formula is C14H27N7O6S. The number of aliphatic imine (C=N–C) groups is 1. The van der Waals surface area contributed by atoms with Crippen LogP contribution in [-0.4, -0.2) is 83.4 Å². The molecule has 13 nitrogen and oxygen atoms in total. The molecule has 0 bridgehead atoms. The van der Waals surface area contributed by atoms with Crippen molar-refractivity contribution in [2.24, 2.45) is 22.2 Å².